The first-order chi connectivity index (χ1) is 8.29. The molecule has 0 radical (unpaired) electrons. The van der Waals surface area contributed by atoms with Gasteiger partial charge in [0, 0.05) is 6.04 Å². The summed E-state index contributed by atoms with van der Waals surface area (Å²) in [4.78, 5) is 11.5. The first-order valence-electron chi connectivity index (χ1n) is 6.40. The highest BCUT2D eigenvalue weighted by atomic mass is 19.4. The summed E-state index contributed by atoms with van der Waals surface area (Å²) < 4.78 is 35.9. The molecule has 0 spiro atoms. The topological polar surface area (TPSA) is 41.1 Å². The summed E-state index contributed by atoms with van der Waals surface area (Å²) in [5.74, 6) is -0.123. The molecule has 2 N–H and O–H groups in total. The van der Waals surface area contributed by atoms with Crippen molar-refractivity contribution in [3.8, 4) is 0 Å². The molecule has 3 nitrogen and oxygen atoms in total. The van der Waals surface area contributed by atoms with Crippen LogP contribution in [0.25, 0.3) is 0 Å². The van der Waals surface area contributed by atoms with Crippen molar-refractivity contribution in [1.29, 1.82) is 0 Å². The van der Waals surface area contributed by atoms with Gasteiger partial charge in [0.2, 0.25) is 5.91 Å². The Morgan fingerprint density at radius 2 is 1.94 bits per heavy atom. The van der Waals surface area contributed by atoms with Crippen LogP contribution in [0.5, 0.6) is 0 Å². The lowest BCUT2D eigenvalue weighted by atomic mass is 9.85. The molecule has 3 atom stereocenters. The van der Waals surface area contributed by atoms with Crippen molar-refractivity contribution in [2.75, 3.05) is 6.54 Å². The van der Waals surface area contributed by atoms with Gasteiger partial charge in [-0.3, -0.25) is 4.79 Å². The fourth-order valence-corrected chi connectivity index (χ4v) is 2.30. The molecule has 3 unspecified atom stereocenters. The lowest BCUT2D eigenvalue weighted by Gasteiger charge is -2.31. The molecule has 1 aliphatic carbocycles. The number of alkyl halides is 3. The van der Waals surface area contributed by atoms with Crippen molar-refractivity contribution in [1.82, 2.24) is 10.6 Å². The molecular formula is C12H21F3N2O. The number of nitrogens with one attached hydrogen (secondary N) is 2. The zero-order valence-electron chi connectivity index (χ0n) is 10.8. The van der Waals surface area contributed by atoms with Gasteiger partial charge in [-0.1, -0.05) is 19.8 Å². The Morgan fingerprint density at radius 1 is 1.33 bits per heavy atom. The van der Waals surface area contributed by atoms with E-state index in [1.807, 2.05) is 5.32 Å². The molecule has 1 rings (SSSR count). The molecule has 6 heteroatoms. The highest BCUT2D eigenvalue weighted by Gasteiger charge is 2.30. The van der Waals surface area contributed by atoms with Crippen molar-refractivity contribution in [2.45, 2.75) is 57.8 Å². The van der Waals surface area contributed by atoms with Gasteiger partial charge in [0.05, 0.1) is 6.04 Å². The van der Waals surface area contributed by atoms with Crippen molar-refractivity contribution in [2.24, 2.45) is 5.92 Å². The summed E-state index contributed by atoms with van der Waals surface area (Å²) >= 11 is 0. The zero-order chi connectivity index (χ0) is 13.8. The number of rotatable bonds is 4. The molecule has 1 aliphatic rings. The molecule has 0 aromatic heterocycles. The quantitative estimate of drug-likeness (QED) is 0.819. The van der Waals surface area contributed by atoms with Crippen LogP contribution in [0, 0.1) is 5.92 Å². The number of amides is 1. The number of carbonyl (C=O) groups is 1. The predicted molar refractivity (Wildman–Crippen MR) is 63.1 cm³/mol. The van der Waals surface area contributed by atoms with E-state index in [1.165, 1.54) is 6.42 Å². The second kappa shape index (κ2) is 6.41. The Labute approximate surface area is 106 Å². The van der Waals surface area contributed by atoms with E-state index in [9.17, 15) is 18.0 Å². The van der Waals surface area contributed by atoms with Gasteiger partial charge < -0.3 is 10.6 Å². The minimum absolute atomic E-state index is 0.227. The normalized spacial score (nSPS) is 26.7. The van der Waals surface area contributed by atoms with Crippen LogP contribution in [0.4, 0.5) is 13.2 Å². The van der Waals surface area contributed by atoms with Gasteiger partial charge in [0.15, 0.2) is 0 Å². The van der Waals surface area contributed by atoms with E-state index in [2.05, 4.69) is 12.2 Å². The standard InChI is InChI=1S/C12H21F3N2O/c1-8-5-3-4-6-10(8)17-9(2)11(18)16-7-12(13,14)15/h8-10,17H,3-7H2,1-2H3,(H,16,18). The van der Waals surface area contributed by atoms with E-state index >= 15 is 0 Å². The Bertz CT molecular complexity index is 281. The Morgan fingerprint density at radius 3 is 2.50 bits per heavy atom. The number of carbonyl (C=O) groups excluding carboxylic acids is 1. The summed E-state index contributed by atoms with van der Waals surface area (Å²) in [6, 6.07) is -0.358. The van der Waals surface area contributed by atoms with Gasteiger partial charge in [-0.25, -0.2) is 0 Å². The van der Waals surface area contributed by atoms with Crippen LogP contribution >= 0.6 is 0 Å². The summed E-state index contributed by atoms with van der Waals surface area (Å²) in [6.45, 7) is 2.45. The van der Waals surface area contributed by atoms with E-state index in [4.69, 9.17) is 0 Å². The molecule has 0 aromatic rings. The van der Waals surface area contributed by atoms with Crippen molar-refractivity contribution in [3.63, 3.8) is 0 Å². The molecule has 0 heterocycles. The lowest BCUT2D eigenvalue weighted by Crippen LogP contribution is -2.50. The average Bonchev–Trinajstić information content (AvgIpc) is 2.28. The molecule has 0 aliphatic heterocycles. The van der Waals surface area contributed by atoms with E-state index in [1.54, 1.807) is 6.92 Å². The fraction of sp³-hybridized carbons (Fsp3) is 0.917. The summed E-state index contributed by atoms with van der Waals surface area (Å²) in [6.07, 6.45) is 0.0347. The van der Waals surface area contributed by atoms with Crippen LogP contribution < -0.4 is 10.6 Å². The minimum Gasteiger partial charge on any atom is -0.346 e. The molecule has 0 bridgehead atoms. The smallest absolute Gasteiger partial charge is 0.346 e. The first-order valence-corrected chi connectivity index (χ1v) is 6.40. The van der Waals surface area contributed by atoms with Gasteiger partial charge >= 0.3 is 6.18 Å². The molecule has 1 saturated carbocycles. The van der Waals surface area contributed by atoms with E-state index < -0.39 is 24.7 Å². The minimum atomic E-state index is -4.35. The Hall–Kier alpha value is -0.780. The fourth-order valence-electron chi connectivity index (χ4n) is 2.30. The van der Waals surface area contributed by atoms with Gasteiger partial charge in [-0.2, -0.15) is 13.2 Å². The van der Waals surface area contributed by atoms with Crippen LogP contribution in [0.1, 0.15) is 39.5 Å². The Balaban J connectivity index is 2.34. The van der Waals surface area contributed by atoms with Gasteiger partial charge in [0.25, 0.3) is 0 Å². The molecule has 0 saturated heterocycles. The summed E-state index contributed by atoms with van der Waals surface area (Å²) in [5, 5.41) is 5.03. The molecule has 1 fully saturated rings. The highest BCUT2D eigenvalue weighted by molar-refractivity contribution is 5.81. The third-order valence-electron chi connectivity index (χ3n) is 3.43. The second-order valence-electron chi connectivity index (χ2n) is 5.09. The van der Waals surface area contributed by atoms with Crippen LogP contribution in [0.2, 0.25) is 0 Å². The van der Waals surface area contributed by atoms with Gasteiger partial charge in [0.1, 0.15) is 6.54 Å². The lowest BCUT2D eigenvalue weighted by molar-refractivity contribution is -0.139. The number of hydrogen-bond acceptors (Lipinski definition) is 2. The Kier molecular flexibility index (Phi) is 5.44. The second-order valence-corrected chi connectivity index (χ2v) is 5.09. The van der Waals surface area contributed by atoms with Crippen molar-refractivity contribution < 1.29 is 18.0 Å². The molecule has 106 valence electrons. The van der Waals surface area contributed by atoms with Crippen LogP contribution in [0.15, 0.2) is 0 Å². The molecule has 18 heavy (non-hydrogen) atoms. The maximum atomic E-state index is 12.0. The third-order valence-corrected chi connectivity index (χ3v) is 3.43. The molecule has 0 aromatic carbocycles. The maximum absolute atomic E-state index is 12.0. The van der Waals surface area contributed by atoms with E-state index in [0.717, 1.165) is 19.3 Å². The average molecular weight is 266 g/mol. The maximum Gasteiger partial charge on any atom is 0.405 e. The summed E-state index contributed by atoms with van der Waals surface area (Å²) in [5.41, 5.74) is 0. The third kappa shape index (κ3) is 5.25. The van der Waals surface area contributed by atoms with Crippen LogP contribution in [0.3, 0.4) is 0 Å². The molecule has 1 amide bonds. The predicted octanol–water partition coefficient (Wildman–Crippen LogP) is 2.22. The van der Waals surface area contributed by atoms with Crippen LogP contribution in [-0.2, 0) is 4.79 Å². The highest BCUT2D eigenvalue weighted by Crippen LogP contribution is 2.24. The molecular weight excluding hydrogens is 245 g/mol. The van der Waals surface area contributed by atoms with Gasteiger partial charge in [-0.05, 0) is 25.7 Å². The first kappa shape index (κ1) is 15.3. The van der Waals surface area contributed by atoms with Crippen molar-refractivity contribution >= 4 is 5.91 Å². The summed E-state index contributed by atoms with van der Waals surface area (Å²) in [7, 11) is 0. The zero-order valence-corrected chi connectivity index (χ0v) is 10.8. The van der Waals surface area contributed by atoms with E-state index in [0.29, 0.717) is 5.92 Å². The SMILES string of the molecule is CC(NC1CCCCC1C)C(=O)NCC(F)(F)F. The van der Waals surface area contributed by atoms with Crippen molar-refractivity contribution in [3.05, 3.63) is 0 Å². The number of hydrogen-bond donors (Lipinski definition) is 2. The van der Waals surface area contributed by atoms with E-state index in [-0.39, 0.29) is 6.04 Å². The largest absolute Gasteiger partial charge is 0.405 e. The monoisotopic (exact) mass is 266 g/mol. The van der Waals surface area contributed by atoms with Crippen LogP contribution in [-0.4, -0.2) is 30.7 Å². The van der Waals surface area contributed by atoms with Gasteiger partial charge in [-0.15, -0.1) is 0 Å². The number of halogens is 3.